The first kappa shape index (κ1) is 78.6. The van der Waals surface area contributed by atoms with Crippen LogP contribution in [0.15, 0.2) is 85.1 Å². The molecule has 6 heteroatoms. The molecule has 0 saturated carbocycles. The van der Waals surface area contributed by atoms with E-state index in [0.717, 1.165) is 116 Å². The number of hydrogen-bond donors (Lipinski definition) is 0. The Kier molecular flexibility index (Phi) is 67.2. The summed E-state index contributed by atoms with van der Waals surface area (Å²) < 4.78 is 17.0. The van der Waals surface area contributed by atoms with E-state index in [4.69, 9.17) is 14.2 Å². The number of esters is 3. The summed E-state index contributed by atoms with van der Waals surface area (Å²) in [5.41, 5.74) is 0. The van der Waals surface area contributed by atoms with Gasteiger partial charge in [-0.2, -0.15) is 0 Å². The first-order valence-electron chi connectivity index (χ1n) is 35.6. The van der Waals surface area contributed by atoms with Crippen LogP contribution in [0.5, 0.6) is 0 Å². The predicted octanol–water partition coefficient (Wildman–Crippen LogP) is 24.6. The van der Waals surface area contributed by atoms with Crippen LogP contribution in [0, 0.1) is 0 Å². The van der Waals surface area contributed by atoms with Crippen LogP contribution in [0.2, 0.25) is 0 Å². The molecule has 1 atom stereocenters. The SMILES string of the molecule is CC/C=C\C/C=C\C/C=C\C/C=C\C/C=C\CCCCCCCC(=O)OC(COC(=O)CCCCCCC/C=C\CCCCCCCCC)COC(=O)CCCCCCCCCCCCCCCCC/C=C\CCCCCCCCCC. The summed E-state index contributed by atoms with van der Waals surface area (Å²) in [4.78, 5) is 38.5. The Morgan fingerprint density at radius 3 is 0.756 bits per heavy atom. The second-order valence-corrected chi connectivity index (χ2v) is 23.8. The number of carbonyl (C=O) groups excluding carboxylic acids is 3. The lowest BCUT2D eigenvalue weighted by molar-refractivity contribution is -0.167. The van der Waals surface area contributed by atoms with E-state index in [2.05, 4.69) is 106 Å². The van der Waals surface area contributed by atoms with Gasteiger partial charge in [-0.15, -0.1) is 0 Å². The molecule has 0 aliphatic rings. The lowest BCUT2D eigenvalue weighted by atomic mass is 10.0. The van der Waals surface area contributed by atoms with Gasteiger partial charge in [-0.1, -0.05) is 311 Å². The molecule has 0 aromatic rings. The molecule has 82 heavy (non-hydrogen) atoms. The highest BCUT2D eigenvalue weighted by Gasteiger charge is 2.19. The third kappa shape index (κ3) is 67.4. The molecule has 0 radical (unpaired) electrons. The molecule has 0 N–H and O–H groups in total. The first-order chi connectivity index (χ1) is 40.5. The van der Waals surface area contributed by atoms with E-state index in [9.17, 15) is 14.4 Å². The van der Waals surface area contributed by atoms with E-state index in [1.54, 1.807) is 0 Å². The maximum Gasteiger partial charge on any atom is 0.306 e. The molecule has 0 fully saturated rings. The van der Waals surface area contributed by atoms with E-state index < -0.39 is 6.10 Å². The second kappa shape index (κ2) is 70.1. The van der Waals surface area contributed by atoms with Crippen LogP contribution in [-0.2, 0) is 28.6 Å². The highest BCUT2D eigenvalue weighted by atomic mass is 16.6. The van der Waals surface area contributed by atoms with Crippen LogP contribution in [-0.4, -0.2) is 37.2 Å². The number of allylic oxidation sites excluding steroid dienone is 14. The van der Waals surface area contributed by atoms with Crippen molar-refractivity contribution in [2.45, 2.75) is 367 Å². The van der Waals surface area contributed by atoms with Gasteiger partial charge in [-0.05, 0) is 116 Å². The first-order valence-corrected chi connectivity index (χ1v) is 35.6. The number of ether oxygens (including phenoxy) is 3. The monoisotopic (exact) mass is 1140 g/mol. The molecule has 1 unspecified atom stereocenters. The van der Waals surface area contributed by atoms with Gasteiger partial charge in [-0.3, -0.25) is 14.4 Å². The zero-order valence-corrected chi connectivity index (χ0v) is 54.5. The maximum absolute atomic E-state index is 13.0. The topological polar surface area (TPSA) is 78.9 Å². The quantitative estimate of drug-likeness (QED) is 0.0261. The summed E-state index contributed by atoms with van der Waals surface area (Å²) in [6.07, 6.45) is 93.2. The van der Waals surface area contributed by atoms with Crippen molar-refractivity contribution in [3.05, 3.63) is 85.1 Å². The van der Waals surface area contributed by atoms with Crippen LogP contribution in [0.3, 0.4) is 0 Å². The molecule has 0 aromatic carbocycles. The molecule has 0 aliphatic carbocycles. The lowest BCUT2D eigenvalue weighted by Crippen LogP contribution is -2.30. The van der Waals surface area contributed by atoms with Gasteiger partial charge < -0.3 is 14.2 Å². The maximum atomic E-state index is 13.0. The van der Waals surface area contributed by atoms with E-state index in [1.165, 1.54) is 205 Å². The average Bonchev–Trinajstić information content (AvgIpc) is 3.48. The van der Waals surface area contributed by atoms with Gasteiger partial charge in [0.15, 0.2) is 6.10 Å². The van der Waals surface area contributed by atoms with Crippen molar-refractivity contribution in [1.29, 1.82) is 0 Å². The predicted molar refractivity (Wildman–Crippen MR) is 358 cm³/mol. The molecule has 0 saturated heterocycles. The van der Waals surface area contributed by atoms with Crippen LogP contribution in [0.25, 0.3) is 0 Å². The lowest BCUT2D eigenvalue weighted by Gasteiger charge is -2.18. The van der Waals surface area contributed by atoms with Gasteiger partial charge in [0.05, 0.1) is 0 Å². The second-order valence-electron chi connectivity index (χ2n) is 23.8. The van der Waals surface area contributed by atoms with Gasteiger partial charge in [0.2, 0.25) is 0 Å². The zero-order chi connectivity index (χ0) is 59.2. The number of hydrogen-bond acceptors (Lipinski definition) is 6. The molecule has 0 amide bonds. The van der Waals surface area contributed by atoms with Crippen LogP contribution >= 0.6 is 0 Å². The average molecular weight is 1140 g/mol. The molecular formula is C76H134O6. The number of unbranched alkanes of at least 4 members (excludes halogenated alkanes) is 40. The fourth-order valence-corrected chi connectivity index (χ4v) is 10.3. The molecule has 0 heterocycles. The van der Waals surface area contributed by atoms with Gasteiger partial charge >= 0.3 is 17.9 Å². The van der Waals surface area contributed by atoms with E-state index in [-0.39, 0.29) is 31.1 Å². The Hall–Kier alpha value is -3.41. The largest absolute Gasteiger partial charge is 0.462 e. The minimum atomic E-state index is -0.792. The van der Waals surface area contributed by atoms with Gasteiger partial charge in [-0.25, -0.2) is 0 Å². The molecule has 0 aliphatic heterocycles. The fourth-order valence-electron chi connectivity index (χ4n) is 10.3. The van der Waals surface area contributed by atoms with Crippen molar-refractivity contribution in [2.24, 2.45) is 0 Å². The van der Waals surface area contributed by atoms with Crippen molar-refractivity contribution in [2.75, 3.05) is 13.2 Å². The molecule has 0 rings (SSSR count). The van der Waals surface area contributed by atoms with E-state index in [1.807, 2.05) is 0 Å². The van der Waals surface area contributed by atoms with Crippen LogP contribution < -0.4 is 0 Å². The molecular weight excluding hydrogens is 1010 g/mol. The molecule has 0 aromatic heterocycles. The van der Waals surface area contributed by atoms with Gasteiger partial charge in [0.25, 0.3) is 0 Å². The molecule has 0 bridgehead atoms. The highest BCUT2D eigenvalue weighted by molar-refractivity contribution is 5.71. The minimum Gasteiger partial charge on any atom is -0.462 e. The third-order valence-corrected chi connectivity index (χ3v) is 15.6. The zero-order valence-electron chi connectivity index (χ0n) is 54.5. The van der Waals surface area contributed by atoms with Crippen LogP contribution in [0.1, 0.15) is 361 Å². The van der Waals surface area contributed by atoms with E-state index >= 15 is 0 Å². The minimum absolute atomic E-state index is 0.0849. The molecule has 474 valence electrons. The number of rotatable bonds is 65. The Morgan fingerprint density at radius 2 is 0.476 bits per heavy atom. The number of carbonyl (C=O) groups is 3. The highest BCUT2D eigenvalue weighted by Crippen LogP contribution is 2.17. The summed E-state index contributed by atoms with van der Waals surface area (Å²) in [5.74, 6) is -0.894. The molecule has 0 spiro atoms. The van der Waals surface area contributed by atoms with Crippen molar-refractivity contribution in [3.63, 3.8) is 0 Å². The van der Waals surface area contributed by atoms with Crippen molar-refractivity contribution >= 4 is 17.9 Å². The van der Waals surface area contributed by atoms with Crippen molar-refractivity contribution < 1.29 is 28.6 Å². The molecule has 6 nitrogen and oxygen atoms in total. The van der Waals surface area contributed by atoms with Crippen molar-refractivity contribution in [3.8, 4) is 0 Å². The van der Waals surface area contributed by atoms with E-state index in [0.29, 0.717) is 19.3 Å². The Bertz CT molecular complexity index is 1550. The third-order valence-electron chi connectivity index (χ3n) is 15.6. The van der Waals surface area contributed by atoms with Gasteiger partial charge in [0.1, 0.15) is 13.2 Å². The Morgan fingerprint density at radius 1 is 0.256 bits per heavy atom. The van der Waals surface area contributed by atoms with Crippen molar-refractivity contribution in [1.82, 2.24) is 0 Å². The van der Waals surface area contributed by atoms with Crippen LogP contribution in [0.4, 0.5) is 0 Å². The normalized spacial score (nSPS) is 12.6. The van der Waals surface area contributed by atoms with Gasteiger partial charge in [0, 0.05) is 19.3 Å². The Balaban J connectivity index is 4.33. The summed E-state index contributed by atoms with van der Waals surface area (Å²) >= 11 is 0. The summed E-state index contributed by atoms with van der Waals surface area (Å²) in [6, 6.07) is 0. The fraction of sp³-hybridized carbons (Fsp3) is 0.776. The summed E-state index contributed by atoms with van der Waals surface area (Å²) in [5, 5.41) is 0. The standard InChI is InChI=1S/C76H134O6/c1-4-7-10-13-16-19-22-25-28-31-33-35-36-37-38-39-40-42-43-45-48-51-54-57-60-63-66-69-75(78)81-72-73(71-80-74(77)68-65-62-59-56-53-50-47-30-27-24-21-18-15-12-9-6-3)82-76(79)70-67-64-61-58-55-52-49-46-44-41-34-32-29-26-23-20-17-14-11-8-5-2/h8,11,17,20,26,29-31,33-34,41,46-47,49,73H,4-7,9-10,12-16,18-19,21-25,27-28,32,35-40,42-45,48,50-72H2,1-3H3/b11-8-,20-17-,29-26-,33-31-,41-34-,47-30-,49-46-. The summed E-state index contributed by atoms with van der Waals surface area (Å²) in [6.45, 7) is 6.55. The summed E-state index contributed by atoms with van der Waals surface area (Å²) in [7, 11) is 0. The smallest absolute Gasteiger partial charge is 0.306 e. The Labute approximate surface area is 509 Å².